The zero-order valence-electron chi connectivity index (χ0n) is 28.9. The number of nitrogens with zero attached hydrogens (tertiary/aromatic N) is 1. The first kappa shape index (κ1) is 40.9. The molecule has 0 spiro atoms. The van der Waals surface area contributed by atoms with Crippen LogP contribution in [0.3, 0.4) is 0 Å². The molecule has 4 aromatic rings. The van der Waals surface area contributed by atoms with Gasteiger partial charge in [0.25, 0.3) is 5.92 Å². The summed E-state index contributed by atoms with van der Waals surface area (Å²) in [5.74, 6) is -6.74. The van der Waals surface area contributed by atoms with Gasteiger partial charge in [0.05, 0.1) is 11.0 Å². The second-order valence-corrected chi connectivity index (χ2v) is 15.4. The van der Waals surface area contributed by atoms with Crippen molar-refractivity contribution in [2.45, 2.75) is 67.7 Å². The minimum absolute atomic E-state index is 0.169. The van der Waals surface area contributed by atoms with Crippen LogP contribution in [0.1, 0.15) is 44.1 Å². The highest BCUT2D eigenvalue weighted by molar-refractivity contribution is 7.89. The third kappa shape index (κ3) is 10.1. The number of carboxylic acid groups (broad SMARTS) is 1. The lowest BCUT2D eigenvalue weighted by molar-refractivity contribution is -0.192. The molecular weight excluding hydrogens is 757 g/mol. The van der Waals surface area contributed by atoms with Gasteiger partial charge < -0.3 is 20.5 Å². The van der Waals surface area contributed by atoms with Gasteiger partial charge in [-0.25, -0.2) is 13.2 Å². The summed E-state index contributed by atoms with van der Waals surface area (Å²) in [7, 11) is -4.57. The number of hydrogen-bond donors (Lipinski definition) is 3. The average Bonchev–Trinajstić information content (AvgIpc) is 3.66. The fourth-order valence-electron chi connectivity index (χ4n) is 6.41. The first-order valence-corrected chi connectivity index (χ1v) is 19.1. The molecule has 0 aromatic heterocycles. The van der Waals surface area contributed by atoms with E-state index in [4.69, 9.17) is 32.0 Å². The molecule has 1 heterocycles. The summed E-state index contributed by atoms with van der Waals surface area (Å²) >= 11 is 5.99. The molecule has 0 radical (unpaired) electrons. The molecule has 6 rings (SSSR count). The highest BCUT2D eigenvalue weighted by atomic mass is 35.5. The van der Waals surface area contributed by atoms with E-state index < -0.39 is 45.6 Å². The second-order valence-electron chi connectivity index (χ2n) is 13.3. The van der Waals surface area contributed by atoms with Crippen molar-refractivity contribution in [2.75, 3.05) is 19.6 Å². The molecule has 2 aliphatic rings. The Morgan fingerprint density at radius 1 is 0.852 bits per heavy atom. The molecule has 0 bridgehead atoms. The van der Waals surface area contributed by atoms with E-state index in [1.54, 1.807) is 42.5 Å². The topological polar surface area (TPSA) is 139 Å². The maximum absolute atomic E-state index is 16.4. The maximum Gasteiger partial charge on any atom is 0.490 e. The minimum Gasteiger partial charge on any atom is -0.490 e. The number of fused-ring (bicyclic) bond motifs is 1. The highest BCUT2D eigenvalue weighted by Gasteiger charge is 2.50. The molecule has 1 saturated carbocycles. The normalized spacial score (nSPS) is 16.5. The number of amides is 1. The number of nitrogens with one attached hydrogen (secondary N) is 1. The zero-order valence-corrected chi connectivity index (χ0v) is 30.4. The lowest BCUT2D eigenvalue weighted by atomic mass is 9.94. The average molecular weight is 796 g/mol. The molecule has 2 fully saturated rings. The number of hydrogen-bond acceptors (Lipinski definition) is 6. The van der Waals surface area contributed by atoms with E-state index in [0.717, 1.165) is 36.6 Å². The maximum atomic E-state index is 16.4. The van der Waals surface area contributed by atoms with Crippen molar-refractivity contribution in [3.8, 4) is 16.9 Å². The largest absolute Gasteiger partial charge is 0.490 e. The molecule has 16 heteroatoms. The third-order valence-electron chi connectivity index (χ3n) is 9.53. The molecule has 4 N–H and O–H groups in total. The zero-order chi connectivity index (χ0) is 39.3. The van der Waals surface area contributed by atoms with Gasteiger partial charge in [0.2, 0.25) is 15.9 Å². The van der Waals surface area contributed by atoms with Crippen molar-refractivity contribution in [3.63, 3.8) is 0 Å². The van der Waals surface area contributed by atoms with Crippen LogP contribution in [-0.2, 0) is 25.5 Å². The van der Waals surface area contributed by atoms with Gasteiger partial charge in [-0.3, -0.25) is 4.79 Å². The number of likely N-dealkylation sites (tertiary alicyclic amines) is 1. The Labute approximate surface area is 314 Å². The summed E-state index contributed by atoms with van der Waals surface area (Å²) in [6, 6.07) is 19.8. The molecule has 1 aliphatic carbocycles. The summed E-state index contributed by atoms with van der Waals surface area (Å²) in [5, 5.41) is 9.02. The van der Waals surface area contributed by atoms with Gasteiger partial charge in [0.1, 0.15) is 5.75 Å². The van der Waals surface area contributed by atoms with Gasteiger partial charge in [0.15, 0.2) is 6.04 Å². The van der Waals surface area contributed by atoms with Crippen LogP contribution in [0.15, 0.2) is 89.8 Å². The number of carbonyl (C=O) groups excluding carboxylic acids is 1. The molecule has 1 aliphatic heterocycles. The Bertz CT molecular complexity index is 2040. The van der Waals surface area contributed by atoms with Crippen LogP contribution < -0.4 is 15.2 Å². The van der Waals surface area contributed by atoms with Crippen LogP contribution >= 0.6 is 11.6 Å². The Hall–Kier alpha value is -4.31. The van der Waals surface area contributed by atoms with Gasteiger partial charge in [-0.05, 0) is 109 Å². The fourth-order valence-corrected chi connectivity index (χ4v) is 7.76. The van der Waals surface area contributed by atoms with Crippen LogP contribution in [0.2, 0.25) is 5.02 Å². The number of carbonyl (C=O) groups is 2. The van der Waals surface area contributed by atoms with Gasteiger partial charge >= 0.3 is 12.1 Å². The number of halogens is 6. The molecule has 1 atom stereocenters. The Balaban J connectivity index is 0.000000730. The standard InChI is InChI=1S/C36H38ClF2N3O4S.C2HF3O2/c37-30-13-7-26(8-14-30)25-5-11-29(12-6-25)36(38,39)34(35(43)42-19-17-24(23-40)18-20-42)41-47(44,45)33-16-10-27-21-32(15-9-28(27)22-33)46-31-3-1-2-4-31;3-2(4,5)1(6)7/h5-16,21-22,24,31,34,41H,1-4,17-20,23,40H2;(H,6,7)/t34-;/m0./s1. The van der Waals surface area contributed by atoms with E-state index in [9.17, 15) is 26.4 Å². The van der Waals surface area contributed by atoms with Crippen molar-refractivity contribution in [2.24, 2.45) is 11.7 Å². The monoisotopic (exact) mass is 795 g/mol. The Kier molecular flexibility index (Phi) is 12.9. The number of benzene rings is 4. The van der Waals surface area contributed by atoms with E-state index >= 15 is 8.78 Å². The van der Waals surface area contributed by atoms with Crippen LogP contribution in [0.25, 0.3) is 21.9 Å². The summed E-state index contributed by atoms with van der Waals surface area (Å²) in [4.78, 5) is 23.8. The van der Waals surface area contributed by atoms with E-state index in [1.807, 2.05) is 6.07 Å². The summed E-state index contributed by atoms with van der Waals surface area (Å²) < 4.78 is 100. The van der Waals surface area contributed by atoms with Crippen molar-refractivity contribution < 1.29 is 49.8 Å². The third-order valence-corrected chi connectivity index (χ3v) is 11.2. The lowest BCUT2D eigenvalue weighted by Gasteiger charge is -2.36. The number of aliphatic carboxylic acids is 1. The molecule has 0 unspecified atom stereocenters. The predicted octanol–water partition coefficient (Wildman–Crippen LogP) is 7.75. The number of alkyl halides is 5. The molecular formula is C38H39ClF5N3O6S. The molecule has 54 heavy (non-hydrogen) atoms. The van der Waals surface area contributed by atoms with Crippen molar-refractivity contribution >= 4 is 44.3 Å². The molecule has 4 aromatic carbocycles. The first-order chi connectivity index (χ1) is 25.5. The van der Waals surface area contributed by atoms with E-state index in [0.29, 0.717) is 41.1 Å². The number of ether oxygens (including phenoxy) is 1. The highest BCUT2D eigenvalue weighted by Crippen LogP contribution is 2.36. The van der Waals surface area contributed by atoms with E-state index in [-0.39, 0.29) is 30.0 Å². The van der Waals surface area contributed by atoms with Gasteiger partial charge in [0, 0.05) is 23.7 Å². The number of nitrogens with two attached hydrogens (primary N) is 1. The fraction of sp³-hybridized carbons (Fsp3) is 0.368. The molecule has 1 saturated heterocycles. The predicted molar refractivity (Wildman–Crippen MR) is 194 cm³/mol. The van der Waals surface area contributed by atoms with Crippen LogP contribution in [0, 0.1) is 5.92 Å². The Morgan fingerprint density at radius 3 is 1.94 bits per heavy atom. The number of sulfonamides is 1. The number of carboxylic acids is 1. The van der Waals surface area contributed by atoms with Crippen LogP contribution in [0.5, 0.6) is 5.75 Å². The van der Waals surface area contributed by atoms with Crippen LogP contribution in [-0.4, -0.2) is 68.3 Å². The van der Waals surface area contributed by atoms with Crippen molar-refractivity contribution in [1.82, 2.24) is 9.62 Å². The molecule has 1 amide bonds. The van der Waals surface area contributed by atoms with Crippen molar-refractivity contribution in [3.05, 3.63) is 95.5 Å². The van der Waals surface area contributed by atoms with E-state index in [1.165, 1.54) is 41.3 Å². The van der Waals surface area contributed by atoms with Crippen LogP contribution in [0.4, 0.5) is 22.0 Å². The molecule has 290 valence electrons. The lowest BCUT2D eigenvalue weighted by Crippen LogP contribution is -2.57. The minimum atomic E-state index is -5.08. The summed E-state index contributed by atoms with van der Waals surface area (Å²) in [5.41, 5.74) is 6.75. The number of rotatable bonds is 10. The SMILES string of the molecule is NCC1CCN(C(=O)[C@H](NS(=O)(=O)c2ccc3cc(OC4CCCC4)ccc3c2)C(F)(F)c2ccc(-c3ccc(Cl)cc3)cc2)CC1.O=C(O)C(F)(F)F. The van der Waals surface area contributed by atoms with Crippen molar-refractivity contribution in [1.29, 1.82) is 0 Å². The van der Waals surface area contributed by atoms with Gasteiger partial charge in [-0.15, -0.1) is 0 Å². The summed E-state index contributed by atoms with van der Waals surface area (Å²) in [6.07, 6.45) is 0.472. The second kappa shape index (κ2) is 17.0. The Morgan fingerprint density at radius 2 is 1.39 bits per heavy atom. The van der Waals surface area contributed by atoms with Gasteiger partial charge in [-0.1, -0.05) is 60.1 Å². The summed E-state index contributed by atoms with van der Waals surface area (Å²) in [6.45, 7) is 0.863. The first-order valence-electron chi connectivity index (χ1n) is 17.2. The van der Waals surface area contributed by atoms with E-state index in [2.05, 4.69) is 4.72 Å². The number of piperidine rings is 1. The van der Waals surface area contributed by atoms with Gasteiger partial charge in [-0.2, -0.15) is 26.7 Å². The quantitative estimate of drug-likeness (QED) is 0.140. The smallest absolute Gasteiger partial charge is 0.490 e. The molecule has 9 nitrogen and oxygen atoms in total.